The van der Waals surface area contributed by atoms with Gasteiger partial charge in [0.15, 0.2) is 11.5 Å². The van der Waals surface area contributed by atoms with Crippen molar-refractivity contribution in [3.63, 3.8) is 0 Å². The first-order valence-corrected chi connectivity index (χ1v) is 12.0. The molecule has 3 aromatic rings. The summed E-state index contributed by atoms with van der Waals surface area (Å²) in [6, 6.07) is 16.2. The Morgan fingerprint density at radius 1 is 1.03 bits per heavy atom. The van der Waals surface area contributed by atoms with Crippen molar-refractivity contribution in [2.24, 2.45) is 0 Å². The molecule has 1 amide bonds. The summed E-state index contributed by atoms with van der Waals surface area (Å²) in [4.78, 5) is 21.9. The van der Waals surface area contributed by atoms with E-state index in [1.54, 1.807) is 19.6 Å². The number of para-hydroxylation sites is 1. The summed E-state index contributed by atoms with van der Waals surface area (Å²) in [5, 5.41) is 5.57. The van der Waals surface area contributed by atoms with E-state index in [4.69, 9.17) is 9.47 Å². The summed E-state index contributed by atoms with van der Waals surface area (Å²) in [7, 11) is 3.21. The fourth-order valence-corrected chi connectivity index (χ4v) is 4.74. The minimum absolute atomic E-state index is 0.133. The van der Waals surface area contributed by atoms with Crippen LogP contribution in [0.15, 0.2) is 53.9 Å². The van der Waals surface area contributed by atoms with Crippen molar-refractivity contribution < 1.29 is 14.3 Å². The van der Waals surface area contributed by atoms with Gasteiger partial charge in [-0.15, -0.1) is 11.3 Å². The number of piperazine rings is 1. The van der Waals surface area contributed by atoms with Crippen LogP contribution in [0.5, 0.6) is 11.5 Å². The molecule has 33 heavy (non-hydrogen) atoms. The maximum Gasteiger partial charge on any atom is 0.270 e. The summed E-state index contributed by atoms with van der Waals surface area (Å²) in [6.07, 6.45) is 0.920. The van der Waals surface area contributed by atoms with Crippen LogP contribution in [-0.4, -0.2) is 69.3 Å². The molecule has 0 radical (unpaired) electrons. The smallest absolute Gasteiger partial charge is 0.270 e. The molecule has 0 saturated carbocycles. The Bertz CT molecular complexity index is 1050. The van der Waals surface area contributed by atoms with Crippen LogP contribution >= 0.6 is 11.3 Å². The Labute approximate surface area is 199 Å². The number of nitrogens with zero attached hydrogens (tertiary/aromatic N) is 3. The van der Waals surface area contributed by atoms with E-state index in [0.29, 0.717) is 23.7 Å². The molecule has 0 aliphatic carbocycles. The van der Waals surface area contributed by atoms with E-state index >= 15 is 0 Å². The molecule has 2 aromatic carbocycles. The molecule has 1 fully saturated rings. The monoisotopic (exact) mass is 466 g/mol. The first-order chi connectivity index (χ1) is 16.2. The van der Waals surface area contributed by atoms with Crippen molar-refractivity contribution in [2.75, 3.05) is 58.4 Å². The predicted octanol–water partition coefficient (Wildman–Crippen LogP) is 3.77. The fraction of sp³-hybridized carbons (Fsp3) is 0.360. The Balaban J connectivity index is 1.21. The van der Waals surface area contributed by atoms with Gasteiger partial charge in [0, 0.05) is 49.4 Å². The molecule has 1 aliphatic heterocycles. The summed E-state index contributed by atoms with van der Waals surface area (Å²) < 4.78 is 10.6. The third kappa shape index (κ3) is 5.83. The molecule has 4 rings (SSSR count). The minimum atomic E-state index is -0.133. The molecule has 1 aromatic heterocycles. The van der Waals surface area contributed by atoms with E-state index < -0.39 is 0 Å². The van der Waals surface area contributed by atoms with Gasteiger partial charge in [0.1, 0.15) is 10.7 Å². The number of hydrogen-bond donors (Lipinski definition) is 1. The summed E-state index contributed by atoms with van der Waals surface area (Å²) in [6.45, 7) is 5.78. The zero-order valence-electron chi connectivity index (χ0n) is 19.1. The van der Waals surface area contributed by atoms with E-state index in [9.17, 15) is 4.79 Å². The predicted molar refractivity (Wildman–Crippen MR) is 133 cm³/mol. The molecule has 0 atom stereocenters. The van der Waals surface area contributed by atoms with Crippen molar-refractivity contribution in [2.45, 2.75) is 6.42 Å². The molecule has 1 saturated heterocycles. The average molecular weight is 467 g/mol. The lowest BCUT2D eigenvalue weighted by molar-refractivity contribution is 0.0947. The number of nitrogens with one attached hydrogen (secondary N) is 1. The van der Waals surface area contributed by atoms with Crippen LogP contribution in [0.25, 0.3) is 10.6 Å². The van der Waals surface area contributed by atoms with Gasteiger partial charge in [0.05, 0.1) is 14.2 Å². The van der Waals surface area contributed by atoms with E-state index in [1.165, 1.54) is 17.0 Å². The number of anilines is 1. The summed E-state index contributed by atoms with van der Waals surface area (Å²) in [5.41, 5.74) is 2.63. The van der Waals surface area contributed by atoms with Crippen LogP contribution in [-0.2, 0) is 0 Å². The number of benzene rings is 2. The van der Waals surface area contributed by atoms with Gasteiger partial charge in [0.25, 0.3) is 5.91 Å². The van der Waals surface area contributed by atoms with Crippen molar-refractivity contribution in [1.29, 1.82) is 0 Å². The van der Waals surface area contributed by atoms with E-state index in [2.05, 4.69) is 50.4 Å². The minimum Gasteiger partial charge on any atom is -0.493 e. The second-order valence-electron chi connectivity index (χ2n) is 7.88. The largest absolute Gasteiger partial charge is 0.493 e. The fourth-order valence-electron chi connectivity index (χ4n) is 3.94. The lowest BCUT2D eigenvalue weighted by Gasteiger charge is -2.36. The molecule has 7 nitrogen and oxygen atoms in total. The molecular formula is C25H30N4O3S. The molecule has 1 N–H and O–H groups in total. The number of aromatic nitrogens is 1. The van der Waals surface area contributed by atoms with Crippen LogP contribution in [0.2, 0.25) is 0 Å². The lowest BCUT2D eigenvalue weighted by atomic mass is 10.2. The quantitative estimate of drug-likeness (QED) is 0.484. The van der Waals surface area contributed by atoms with Gasteiger partial charge >= 0.3 is 0 Å². The normalized spacial score (nSPS) is 14.2. The zero-order chi connectivity index (χ0) is 23.0. The van der Waals surface area contributed by atoms with Gasteiger partial charge in [-0.25, -0.2) is 4.98 Å². The van der Waals surface area contributed by atoms with Gasteiger partial charge in [-0.05, 0) is 43.3 Å². The van der Waals surface area contributed by atoms with Crippen molar-refractivity contribution >= 4 is 22.9 Å². The molecule has 2 heterocycles. The van der Waals surface area contributed by atoms with Crippen LogP contribution in [0.4, 0.5) is 5.69 Å². The maximum atomic E-state index is 12.5. The molecule has 8 heteroatoms. The molecular weight excluding hydrogens is 436 g/mol. The molecule has 1 aliphatic rings. The maximum absolute atomic E-state index is 12.5. The van der Waals surface area contributed by atoms with Crippen LogP contribution in [0, 0.1) is 0 Å². The number of rotatable bonds is 9. The highest BCUT2D eigenvalue weighted by atomic mass is 32.1. The Kier molecular flexibility index (Phi) is 7.80. The topological polar surface area (TPSA) is 66.9 Å². The van der Waals surface area contributed by atoms with Gasteiger partial charge in [-0.1, -0.05) is 18.2 Å². The SMILES string of the molecule is COc1ccc(-c2nc(C(=O)NCCCN3CCN(c4ccccc4)CC3)cs2)cc1OC. The Morgan fingerprint density at radius 3 is 2.52 bits per heavy atom. The molecule has 0 bridgehead atoms. The number of amides is 1. The van der Waals surface area contributed by atoms with Crippen LogP contribution in [0.1, 0.15) is 16.9 Å². The lowest BCUT2D eigenvalue weighted by Crippen LogP contribution is -2.47. The number of thiazole rings is 1. The number of methoxy groups -OCH3 is 2. The van der Waals surface area contributed by atoms with Gasteiger partial charge in [-0.3, -0.25) is 9.69 Å². The first-order valence-electron chi connectivity index (χ1n) is 11.2. The number of carbonyl (C=O) groups is 1. The van der Waals surface area contributed by atoms with Gasteiger partial charge < -0.3 is 19.7 Å². The Hall–Kier alpha value is -3.10. The standard InChI is InChI=1S/C25H30N4O3S/c1-31-22-10-9-19(17-23(22)32-2)25-27-21(18-33-25)24(30)26-11-6-12-28-13-15-29(16-14-28)20-7-4-3-5-8-20/h3-5,7-10,17-18H,6,11-16H2,1-2H3,(H,26,30). The van der Waals surface area contributed by atoms with Crippen LogP contribution in [0.3, 0.4) is 0 Å². The molecule has 0 unspecified atom stereocenters. The van der Waals surface area contributed by atoms with E-state index in [1.807, 2.05) is 18.2 Å². The molecule has 174 valence electrons. The summed E-state index contributed by atoms with van der Waals surface area (Å²) >= 11 is 1.44. The highest BCUT2D eigenvalue weighted by molar-refractivity contribution is 7.13. The Morgan fingerprint density at radius 2 is 1.79 bits per heavy atom. The first kappa shape index (κ1) is 23.1. The van der Waals surface area contributed by atoms with E-state index in [0.717, 1.165) is 49.7 Å². The zero-order valence-corrected chi connectivity index (χ0v) is 19.9. The van der Waals surface area contributed by atoms with Crippen molar-refractivity contribution in [3.05, 3.63) is 59.6 Å². The van der Waals surface area contributed by atoms with Crippen molar-refractivity contribution in [1.82, 2.24) is 15.2 Å². The number of carbonyl (C=O) groups excluding carboxylic acids is 1. The second-order valence-corrected chi connectivity index (χ2v) is 8.74. The number of hydrogen-bond acceptors (Lipinski definition) is 7. The van der Waals surface area contributed by atoms with Gasteiger partial charge in [0.2, 0.25) is 0 Å². The van der Waals surface area contributed by atoms with E-state index in [-0.39, 0.29) is 5.91 Å². The molecule has 0 spiro atoms. The van der Waals surface area contributed by atoms with Crippen molar-refractivity contribution in [3.8, 4) is 22.1 Å². The van der Waals surface area contributed by atoms with Crippen LogP contribution < -0.4 is 19.7 Å². The second kappa shape index (κ2) is 11.2. The number of ether oxygens (including phenoxy) is 2. The average Bonchev–Trinajstić information content (AvgIpc) is 3.37. The summed E-state index contributed by atoms with van der Waals surface area (Å²) in [5.74, 6) is 1.17. The highest BCUT2D eigenvalue weighted by Gasteiger charge is 2.17. The van der Waals surface area contributed by atoms with Gasteiger partial charge in [-0.2, -0.15) is 0 Å². The third-order valence-corrected chi connectivity index (χ3v) is 6.69. The third-order valence-electron chi connectivity index (χ3n) is 5.80. The highest BCUT2D eigenvalue weighted by Crippen LogP contribution is 2.33.